The molecule has 0 aliphatic heterocycles. The molecule has 0 saturated heterocycles. The molecule has 0 bridgehead atoms. The molecule has 0 amide bonds. The van der Waals surface area contributed by atoms with Gasteiger partial charge in [-0.25, -0.2) is 0 Å². The highest BCUT2D eigenvalue weighted by atomic mass is 15.2. The third kappa shape index (κ3) is 6.03. The first-order chi connectivity index (χ1) is 11.7. The van der Waals surface area contributed by atoms with Gasteiger partial charge in [-0.15, -0.1) is 0 Å². The third-order valence-corrected chi connectivity index (χ3v) is 4.77. The van der Waals surface area contributed by atoms with Crippen molar-refractivity contribution >= 4 is 11.6 Å². The number of benzene rings is 1. The lowest BCUT2D eigenvalue weighted by Crippen LogP contribution is -2.51. The third-order valence-electron chi connectivity index (χ3n) is 4.77. The molecule has 1 fully saturated rings. The van der Waals surface area contributed by atoms with E-state index >= 15 is 0 Å². The molecule has 0 unspecified atom stereocenters. The molecule has 1 aromatic carbocycles. The number of rotatable bonds is 3. The molecular weight excluding hydrogens is 308 g/mol. The van der Waals surface area contributed by atoms with E-state index in [4.69, 9.17) is 10.7 Å². The average Bonchev–Trinajstić information content (AvgIpc) is 2.49. The Kier molecular flexibility index (Phi) is 6.50. The van der Waals surface area contributed by atoms with E-state index in [0.717, 1.165) is 31.0 Å². The molecule has 1 aromatic rings. The van der Waals surface area contributed by atoms with Crippen molar-refractivity contribution in [3.05, 3.63) is 28.8 Å². The van der Waals surface area contributed by atoms with Gasteiger partial charge in [0.1, 0.15) is 0 Å². The predicted octanol–water partition coefficient (Wildman–Crippen LogP) is 4.29. The first kappa shape index (κ1) is 19.8. The highest BCUT2D eigenvalue weighted by Gasteiger charge is 2.23. The summed E-state index contributed by atoms with van der Waals surface area (Å²) < 4.78 is 0. The van der Waals surface area contributed by atoms with E-state index in [1.54, 1.807) is 0 Å². The zero-order valence-electron chi connectivity index (χ0n) is 16.9. The number of guanidine groups is 1. The molecule has 2 rings (SSSR count). The molecule has 1 aliphatic rings. The Bertz CT molecular complexity index is 590. The largest absolute Gasteiger partial charge is 0.352 e. The summed E-state index contributed by atoms with van der Waals surface area (Å²) in [5.41, 5.74) is 11.4. The number of aliphatic imine (C=N–C) groups is 1. The van der Waals surface area contributed by atoms with Gasteiger partial charge < -0.3 is 16.4 Å². The molecule has 1 saturated carbocycles. The van der Waals surface area contributed by atoms with Crippen LogP contribution >= 0.6 is 0 Å². The van der Waals surface area contributed by atoms with Gasteiger partial charge in [0, 0.05) is 24.3 Å². The molecule has 0 spiro atoms. The lowest BCUT2D eigenvalue weighted by atomic mass is 9.91. The van der Waals surface area contributed by atoms with Crippen molar-refractivity contribution < 1.29 is 0 Å². The lowest BCUT2D eigenvalue weighted by molar-refractivity contribution is 0.359. The van der Waals surface area contributed by atoms with Crippen molar-refractivity contribution in [1.29, 1.82) is 0 Å². The minimum atomic E-state index is 0.153. The molecular formula is C21H36N4. The lowest BCUT2D eigenvalue weighted by Gasteiger charge is -2.31. The van der Waals surface area contributed by atoms with E-state index in [9.17, 15) is 0 Å². The fourth-order valence-electron chi connectivity index (χ4n) is 3.45. The van der Waals surface area contributed by atoms with Gasteiger partial charge in [0.05, 0.1) is 0 Å². The molecule has 0 radical (unpaired) electrons. The quantitative estimate of drug-likeness (QED) is 0.566. The van der Waals surface area contributed by atoms with Crippen LogP contribution in [0.5, 0.6) is 0 Å². The van der Waals surface area contributed by atoms with E-state index in [0.29, 0.717) is 6.04 Å². The Morgan fingerprint density at radius 3 is 2.28 bits per heavy atom. The highest BCUT2D eigenvalue weighted by molar-refractivity contribution is 5.95. The Morgan fingerprint density at radius 1 is 1.12 bits per heavy atom. The Morgan fingerprint density at radius 2 is 1.72 bits per heavy atom. The number of nitrogens with one attached hydrogen (secondary N) is 2. The van der Waals surface area contributed by atoms with Gasteiger partial charge in [-0.05, 0) is 50.2 Å². The summed E-state index contributed by atoms with van der Waals surface area (Å²) in [5, 5.41) is 7.18. The predicted molar refractivity (Wildman–Crippen MR) is 109 cm³/mol. The van der Waals surface area contributed by atoms with E-state index in [2.05, 4.69) is 64.3 Å². The molecule has 0 heterocycles. The molecule has 0 aromatic heterocycles. The average molecular weight is 345 g/mol. The summed E-state index contributed by atoms with van der Waals surface area (Å²) >= 11 is 0. The molecule has 4 N–H and O–H groups in total. The maximum Gasteiger partial charge on any atom is 0.196 e. The highest BCUT2D eigenvalue weighted by Crippen LogP contribution is 2.23. The summed E-state index contributed by atoms with van der Waals surface area (Å²) in [7, 11) is 0. The molecule has 4 heteroatoms. The number of hydrogen-bond acceptors (Lipinski definition) is 2. The standard InChI is InChI=1S/C21H36N4/c1-14-11-15(2)19(16(3)12-14)25-20(23-13-21(4,5)6)24-18-10-8-7-9-17(18)22/h11-12,17-18H,7-10,13,22H2,1-6H3,(H2,23,24,25)/t17-,18-/m0/s1. The van der Waals surface area contributed by atoms with Crippen molar-refractivity contribution in [2.45, 2.75) is 79.3 Å². The van der Waals surface area contributed by atoms with Crippen molar-refractivity contribution in [3.63, 3.8) is 0 Å². The molecule has 4 nitrogen and oxygen atoms in total. The summed E-state index contributed by atoms with van der Waals surface area (Å²) in [6, 6.07) is 4.92. The SMILES string of the molecule is Cc1cc(C)c(NC(=NCC(C)(C)C)N[C@H]2CCCC[C@@H]2N)c(C)c1. The van der Waals surface area contributed by atoms with E-state index in [1.165, 1.54) is 29.5 Å². The summed E-state index contributed by atoms with van der Waals surface area (Å²) in [4.78, 5) is 4.86. The van der Waals surface area contributed by atoms with Gasteiger partial charge in [0.15, 0.2) is 5.96 Å². The number of anilines is 1. The topological polar surface area (TPSA) is 62.4 Å². The number of nitrogens with two attached hydrogens (primary N) is 1. The minimum absolute atomic E-state index is 0.153. The van der Waals surface area contributed by atoms with Crippen LogP contribution in [0.4, 0.5) is 5.69 Å². The van der Waals surface area contributed by atoms with Gasteiger partial charge in [-0.1, -0.05) is 51.3 Å². The van der Waals surface area contributed by atoms with Crippen molar-refractivity contribution in [2.24, 2.45) is 16.1 Å². The maximum atomic E-state index is 6.34. The number of hydrogen-bond donors (Lipinski definition) is 3. The summed E-state index contributed by atoms with van der Waals surface area (Å²) in [6.45, 7) is 13.8. The van der Waals surface area contributed by atoms with Crippen LogP contribution in [0, 0.1) is 26.2 Å². The fraction of sp³-hybridized carbons (Fsp3) is 0.667. The maximum absolute atomic E-state index is 6.34. The van der Waals surface area contributed by atoms with Crippen molar-refractivity contribution in [2.75, 3.05) is 11.9 Å². The fourth-order valence-corrected chi connectivity index (χ4v) is 3.45. The Hall–Kier alpha value is -1.55. The molecule has 25 heavy (non-hydrogen) atoms. The van der Waals surface area contributed by atoms with Gasteiger partial charge in [-0.2, -0.15) is 0 Å². The van der Waals surface area contributed by atoms with Gasteiger partial charge >= 0.3 is 0 Å². The number of aryl methyl sites for hydroxylation is 3. The van der Waals surface area contributed by atoms with E-state index in [-0.39, 0.29) is 11.5 Å². The Balaban J connectivity index is 2.22. The minimum Gasteiger partial charge on any atom is -0.352 e. The van der Waals surface area contributed by atoms with Gasteiger partial charge in [-0.3, -0.25) is 4.99 Å². The van der Waals surface area contributed by atoms with Crippen LogP contribution in [0.2, 0.25) is 0 Å². The first-order valence-electron chi connectivity index (χ1n) is 9.57. The molecule has 2 atom stereocenters. The van der Waals surface area contributed by atoms with Crippen LogP contribution in [0.25, 0.3) is 0 Å². The molecule has 140 valence electrons. The zero-order valence-corrected chi connectivity index (χ0v) is 16.9. The second kappa shape index (κ2) is 8.22. The summed E-state index contributed by atoms with van der Waals surface area (Å²) in [5.74, 6) is 0.854. The van der Waals surface area contributed by atoms with Crippen LogP contribution in [-0.4, -0.2) is 24.6 Å². The second-order valence-corrected chi connectivity index (χ2v) is 8.82. The van der Waals surface area contributed by atoms with Crippen LogP contribution in [0.1, 0.15) is 63.1 Å². The normalized spacial score (nSPS) is 22.0. The summed E-state index contributed by atoms with van der Waals surface area (Å²) in [6.07, 6.45) is 4.67. The van der Waals surface area contributed by atoms with Gasteiger partial charge in [0.2, 0.25) is 0 Å². The van der Waals surface area contributed by atoms with Crippen LogP contribution in [-0.2, 0) is 0 Å². The van der Waals surface area contributed by atoms with E-state index in [1.807, 2.05) is 0 Å². The van der Waals surface area contributed by atoms with Crippen LogP contribution < -0.4 is 16.4 Å². The van der Waals surface area contributed by atoms with Gasteiger partial charge in [0.25, 0.3) is 0 Å². The van der Waals surface area contributed by atoms with Crippen molar-refractivity contribution in [1.82, 2.24) is 5.32 Å². The zero-order chi connectivity index (χ0) is 18.6. The smallest absolute Gasteiger partial charge is 0.196 e. The Labute approximate surface area is 153 Å². The second-order valence-electron chi connectivity index (χ2n) is 8.82. The number of nitrogens with zero attached hydrogens (tertiary/aromatic N) is 1. The monoisotopic (exact) mass is 344 g/mol. The van der Waals surface area contributed by atoms with Crippen molar-refractivity contribution in [3.8, 4) is 0 Å². The van der Waals surface area contributed by atoms with Crippen LogP contribution in [0.3, 0.4) is 0 Å². The first-order valence-corrected chi connectivity index (χ1v) is 9.57. The molecule has 1 aliphatic carbocycles. The van der Waals surface area contributed by atoms with Crippen LogP contribution in [0.15, 0.2) is 17.1 Å². The van der Waals surface area contributed by atoms with E-state index < -0.39 is 0 Å².